The first-order valence-electron chi connectivity index (χ1n) is 6.45. The lowest BCUT2D eigenvalue weighted by molar-refractivity contribution is 0.330. The Balaban J connectivity index is 2.58. The number of hydrogen-bond donors (Lipinski definition) is 1. The highest BCUT2D eigenvalue weighted by molar-refractivity contribution is 6.35. The topological polar surface area (TPSA) is 12.0 Å². The summed E-state index contributed by atoms with van der Waals surface area (Å²) in [6.07, 6.45) is 0.952. The molecule has 0 saturated heterocycles. The molecule has 3 heteroatoms. The van der Waals surface area contributed by atoms with Crippen LogP contribution < -0.4 is 5.32 Å². The molecule has 0 aliphatic heterocycles. The fraction of sp³-hybridized carbons (Fsp3) is 0.600. The third-order valence-electron chi connectivity index (χ3n) is 2.84. The first kappa shape index (κ1) is 15.8. The molecule has 0 aliphatic rings. The van der Waals surface area contributed by atoms with Crippen LogP contribution >= 0.6 is 23.2 Å². The monoisotopic (exact) mass is 287 g/mol. The second-order valence-electron chi connectivity index (χ2n) is 6.10. The zero-order valence-electron chi connectivity index (χ0n) is 11.7. The van der Waals surface area contributed by atoms with Crippen LogP contribution in [0.5, 0.6) is 0 Å². The lowest BCUT2D eigenvalue weighted by Gasteiger charge is -2.26. The molecule has 0 amide bonds. The molecule has 0 spiro atoms. The van der Waals surface area contributed by atoms with Crippen molar-refractivity contribution in [1.29, 1.82) is 0 Å². The van der Waals surface area contributed by atoms with Crippen LogP contribution in [0, 0.1) is 11.3 Å². The zero-order chi connectivity index (χ0) is 13.8. The molecular formula is C15H23Cl2N. The minimum atomic E-state index is 0.187. The summed E-state index contributed by atoms with van der Waals surface area (Å²) in [5.74, 6) is 0.680. The molecule has 102 valence electrons. The van der Waals surface area contributed by atoms with Crippen LogP contribution in [0.3, 0.4) is 0 Å². The number of halogens is 2. The van der Waals surface area contributed by atoms with Gasteiger partial charge < -0.3 is 5.32 Å². The van der Waals surface area contributed by atoms with Crippen molar-refractivity contribution < 1.29 is 0 Å². The number of nitrogens with one attached hydrogen (secondary N) is 1. The predicted octanol–water partition coefficient (Wildman–Crippen LogP) is 4.81. The summed E-state index contributed by atoms with van der Waals surface area (Å²) in [4.78, 5) is 0. The van der Waals surface area contributed by atoms with Gasteiger partial charge in [-0.05, 0) is 42.0 Å². The number of hydrogen-bond acceptors (Lipinski definition) is 1. The van der Waals surface area contributed by atoms with Crippen LogP contribution in [0.2, 0.25) is 10.0 Å². The smallest absolute Gasteiger partial charge is 0.0453 e. The molecule has 1 rings (SSSR count). The molecule has 0 heterocycles. The zero-order valence-corrected chi connectivity index (χ0v) is 13.2. The summed E-state index contributed by atoms with van der Waals surface area (Å²) < 4.78 is 0. The lowest BCUT2D eigenvalue weighted by atomic mass is 9.85. The van der Waals surface area contributed by atoms with Crippen molar-refractivity contribution in [2.75, 3.05) is 13.1 Å². The Kier molecular flexibility index (Phi) is 5.97. The quantitative estimate of drug-likeness (QED) is 0.792. The van der Waals surface area contributed by atoms with Gasteiger partial charge in [0.25, 0.3) is 0 Å². The molecule has 0 saturated carbocycles. The minimum Gasteiger partial charge on any atom is -0.316 e. The van der Waals surface area contributed by atoms with Gasteiger partial charge in [-0.15, -0.1) is 0 Å². The van der Waals surface area contributed by atoms with Gasteiger partial charge in [-0.1, -0.05) is 57.0 Å². The van der Waals surface area contributed by atoms with E-state index in [0.29, 0.717) is 10.9 Å². The van der Waals surface area contributed by atoms with E-state index in [4.69, 9.17) is 23.2 Å². The van der Waals surface area contributed by atoms with Crippen molar-refractivity contribution in [3.8, 4) is 0 Å². The Labute approximate surface area is 121 Å². The van der Waals surface area contributed by atoms with Crippen LogP contribution in [0.15, 0.2) is 18.2 Å². The number of benzene rings is 1. The van der Waals surface area contributed by atoms with E-state index in [1.54, 1.807) is 0 Å². The van der Waals surface area contributed by atoms with Gasteiger partial charge >= 0.3 is 0 Å². The molecule has 1 aromatic carbocycles. The second-order valence-corrected chi connectivity index (χ2v) is 6.95. The molecule has 0 fully saturated rings. The van der Waals surface area contributed by atoms with Crippen molar-refractivity contribution in [3.05, 3.63) is 33.8 Å². The fourth-order valence-corrected chi connectivity index (χ4v) is 2.42. The summed E-state index contributed by atoms with van der Waals surface area (Å²) >= 11 is 12.1. The van der Waals surface area contributed by atoms with Crippen molar-refractivity contribution in [2.45, 2.75) is 34.1 Å². The lowest BCUT2D eigenvalue weighted by Crippen LogP contribution is -2.33. The maximum atomic E-state index is 6.22. The third-order valence-corrected chi connectivity index (χ3v) is 3.43. The van der Waals surface area contributed by atoms with Crippen LogP contribution in [0.1, 0.15) is 33.3 Å². The highest BCUT2D eigenvalue weighted by Gasteiger charge is 2.19. The van der Waals surface area contributed by atoms with E-state index >= 15 is 0 Å². The van der Waals surface area contributed by atoms with Crippen LogP contribution in [0.4, 0.5) is 0 Å². The van der Waals surface area contributed by atoms with Gasteiger partial charge in [0, 0.05) is 16.6 Å². The summed E-state index contributed by atoms with van der Waals surface area (Å²) in [5, 5.41) is 4.96. The highest BCUT2D eigenvalue weighted by Crippen LogP contribution is 2.28. The average molecular weight is 288 g/mol. The van der Waals surface area contributed by atoms with Crippen molar-refractivity contribution in [3.63, 3.8) is 0 Å². The van der Waals surface area contributed by atoms with Crippen molar-refractivity contribution >= 4 is 23.2 Å². The largest absolute Gasteiger partial charge is 0.316 e. The highest BCUT2D eigenvalue weighted by atomic mass is 35.5. The molecule has 1 nitrogen and oxygen atoms in total. The van der Waals surface area contributed by atoms with E-state index in [1.165, 1.54) is 0 Å². The predicted molar refractivity (Wildman–Crippen MR) is 81.7 cm³/mol. The summed E-state index contributed by atoms with van der Waals surface area (Å²) in [7, 11) is 0. The first-order valence-corrected chi connectivity index (χ1v) is 7.20. The van der Waals surface area contributed by atoms with Crippen molar-refractivity contribution in [2.24, 2.45) is 11.3 Å². The summed E-state index contributed by atoms with van der Waals surface area (Å²) in [6.45, 7) is 11.0. The van der Waals surface area contributed by atoms with Crippen LogP contribution in [0.25, 0.3) is 0 Å². The van der Waals surface area contributed by atoms with Gasteiger partial charge in [-0.25, -0.2) is 0 Å². The van der Waals surface area contributed by atoms with Gasteiger partial charge in [0.15, 0.2) is 0 Å². The Morgan fingerprint density at radius 3 is 2.44 bits per heavy atom. The maximum absolute atomic E-state index is 6.22. The van der Waals surface area contributed by atoms with Gasteiger partial charge in [-0.3, -0.25) is 0 Å². The van der Waals surface area contributed by atoms with Crippen LogP contribution in [-0.4, -0.2) is 13.1 Å². The minimum absolute atomic E-state index is 0.187. The van der Waals surface area contributed by atoms with Crippen LogP contribution in [-0.2, 0) is 6.42 Å². The van der Waals surface area contributed by atoms with E-state index in [1.807, 2.05) is 18.2 Å². The van der Waals surface area contributed by atoms with E-state index in [9.17, 15) is 0 Å². The van der Waals surface area contributed by atoms with Gasteiger partial charge in [0.05, 0.1) is 0 Å². The third kappa shape index (κ3) is 5.60. The molecule has 0 atom stereocenters. The molecular weight excluding hydrogens is 265 g/mol. The maximum Gasteiger partial charge on any atom is 0.0453 e. The SMILES string of the molecule is CC(C)CNCC(C)(C)Cc1ccc(Cl)cc1Cl. The Hall–Kier alpha value is -0.240. The van der Waals surface area contributed by atoms with Gasteiger partial charge in [-0.2, -0.15) is 0 Å². The summed E-state index contributed by atoms with van der Waals surface area (Å²) in [6, 6.07) is 5.74. The standard InChI is InChI=1S/C15H23Cl2N/c1-11(2)9-18-10-15(3,4)8-12-5-6-13(16)7-14(12)17/h5-7,11,18H,8-10H2,1-4H3. The fourth-order valence-electron chi connectivity index (χ4n) is 1.94. The molecule has 0 radical (unpaired) electrons. The van der Waals surface area contributed by atoms with Crippen molar-refractivity contribution in [1.82, 2.24) is 5.32 Å². The normalized spacial score (nSPS) is 12.2. The Bertz CT molecular complexity index is 386. The van der Waals surface area contributed by atoms with E-state index in [2.05, 4.69) is 33.0 Å². The molecule has 0 bridgehead atoms. The Morgan fingerprint density at radius 2 is 1.89 bits per heavy atom. The Morgan fingerprint density at radius 1 is 1.22 bits per heavy atom. The molecule has 18 heavy (non-hydrogen) atoms. The number of rotatable bonds is 6. The molecule has 1 N–H and O–H groups in total. The average Bonchev–Trinajstić information content (AvgIpc) is 2.21. The first-order chi connectivity index (χ1) is 8.30. The van der Waals surface area contributed by atoms with E-state index in [0.717, 1.165) is 30.1 Å². The molecule has 0 aromatic heterocycles. The molecule has 0 aliphatic carbocycles. The van der Waals surface area contributed by atoms with Gasteiger partial charge in [0.2, 0.25) is 0 Å². The molecule has 0 unspecified atom stereocenters. The van der Waals surface area contributed by atoms with Gasteiger partial charge in [0.1, 0.15) is 0 Å². The molecule has 1 aromatic rings. The summed E-state index contributed by atoms with van der Waals surface area (Å²) in [5.41, 5.74) is 1.35. The van der Waals surface area contributed by atoms with E-state index < -0.39 is 0 Å². The second kappa shape index (κ2) is 6.79. The van der Waals surface area contributed by atoms with E-state index in [-0.39, 0.29) is 5.41 Å².